The summed E-state index contributed by atoms with van der Waals surface area (Å²) in [6, 6.07) is 1.83. The molecule has 0 unspecified atom stereocenters. The maximum Gasteiger partial charge on any atom is 0.253 e. The van der Waals surface area contributed by atoms with Crippen molar-refractivity contribution in [1.29, 1.82) is 0 Å². The summed E-state index contributed by atoms with van der Waals surface area (Å²) >= 11 is 1.51. The smallest absolute Gasteiger partial charge is 0.220 e. The molecule has 2 heterocycles. The van der Waals surface area contributed by atoms with Gasteiger partial charge in [0, 0.05) is 12.4 Å². The maximum absolute atomic E-state index is 4.14. The van der Waals surface area contributed by atoms with Gasteiger partial charge >= 0.3 is 0 Å². The van der Waals surface area contributed by atoms with Crippen molar-refractivity contribution in [3.05, 3.63) is 18.5 Å². The third kappa shape index (κ3) is 1.07. The van der Waals surface area contributed by atoms with Gasteiger partial charge in [0.1, 0.15) is 0 Å². The second kappa shape index (κ2) is 2.50. The summed E-state index contributed by atoms with van der Waals surface area (Å²) in [6.07, 6.45) is 5.47. The van der Waals surface area contributed by atoms with Crippen LogP contribution < -0.4 is 0 Å². The van der Waals surface area contributed by atoms with Gasteiger partial charge in [0.05, 0.1) is 0 Å². The Balaban J connectivity index is 2.69. The average Bonchev–Trinajstić information content (AvgIpc) is 2.46. The second-order valence-corrected chi connectivity index (χ2v) is 2.74. The summed E-state index contributed by atoms with van der Waals surface area (Å²) in [5, 5.41) is 4.89. The van der Waals surface area contributed by atoms with E-state index in [4.69, 9.17) is 0 Å². The molecule has 5 heteroatoms. The van der Waals surface area contributed by atoms with Crippen LogP contribution in [0.4, 0.5) is 0 Å². The topological polar surface area (TPSA) is 43.1 Å². The Labute approximate surface area is 67.7 Å². The molecule has 0 atom stereocenters. The van der Waals surface area contributed by atoms with E-state index in [1.165, 1.54) is 11.8 Å². The van der Waals surface area contributed by atoms with Gasteiger partial charge in [0.15, 0.2) is 0 Å². The Bertz CT molecular complexity index is 336. The molecule has 2 aromatic rings. The zero-order valence-corrected chi connectivity index (χ0v) is 6.75. The predicted octanol–water partition coefficient (Wildman–Crippen LogP) is 0.846. The Hall–Kier alpha value is -1.10. The van der Waals surface area contributed by atoms with Crippen LogP contribution in [0.5, 0.6) is 0 Å². The fourth-order valence-corrected chi connectivity index (χ4v) is 1.14. The summed E-state index contributed by atoms with van der Waals surface area (Å²) in [6.45, 7) is 0. The molecule has 2 aromatic heterocycles. The molecule has 2 rings (SSSR count). The second-order valence-electron chi connectivity index (χ2n) is 1.96. The Morgan fingerprint density at radius 3 is 3.18 bits per heavy atom. The summed E-state index contributed by atoms with van der Waals surface area (Å²) in [7, 11) is 0. The van der Waals surface area contributed by atoms with E-state index in [2.05, 4.69) is 15.1 Å². The van der Waals surface area contributed by atoms with Crippen molar-refractivity contribution >= 4 is 17.5 Å². The van der Waals surface area contributed by atoms with Crippen LogP contribution in [-0.2, 0) is 0 Å². The first-order valence-electron chi connectivity index (χ1n) is 3.11. The molecule has 56 valence electrons. The van der Waals surface area contributed by atoms with Crippen LogP contribution in [0.3, 0.4) is 0 Å². The zero-order chi connectivity index (χ0) is 7.68. The molecule has 0 fully saturated rings. The third-order valence-corrected chi connectivity index (χ3v) is 1.82. The molecule has 0 radical (unpaired) electrons. The maximum atomic E-state index is 4.14. The van der Waals surface area contributed by atoms with Gasteiger partial charge in [-0.3, -0.25) is 0 Å². The van der Waals surface area contributed by atoms with Gasteiger partial charge in [-0.2, -0.15) is 4.98 Å². The number of hydrogen-bond donors (Lipinski definition) is 0. The first-order valence-corrected chi connectivity index (χ1v) is 4.34. The first-order chi connectivity index (χ1) is 5.40. The Morgan fingerprint density at radius 1 is 1.55 bits per heavy atom. The van der Waals surface area contributed by atoms with Crippen LogP contribution in [0.1, 0.15) is 0 Å². The normalized spacial score (nSPS) is 10.6. The molecule has 0 N–H and O–H groups in total. The molecular weight excluding hydrogens is 160 g/mol. The van der Waals surface area contributed by atoms with Gasteiger partial charge in [0.2, 0.25) is 5.16 Å². The van der Waals surface area contributed by atoms with Gasteiger partial charge in [-0.1, -0.05) is 11.8 Å². The van der Waals surface area contributed by atoms with Crippen molar-refractivity contribution in [3.8, 4) is 0 Å². The van der Waals surface area contributed by atoms with Crippen molar-refractivity contribution in [1.82, 2.24) is 19.6 Å². The predicted molar refractivity (Wildman–Crippen MR) is 42.6 cm³/mol. The molecule has 0 aliphatic carbocycles. The van der Waals surface area contributed by atoms with Crippen LogP contribution in [0.25, 0.3) is 5.78 Å². The summed E-state index contributed by atoms with van der Waals surface area (Å²) < 4.78 is 1.66. The number of aromatic nitrogens is 4. The molecule has 0 aliphatic heterocycles. The lowest BCUT2D eigenvalue weighted by molar-refractivity contribution is 0.880. The molecule has 4 nitrogen and oxygen atoms in total. The molecule has 11 heavy (non-hydrogen) atoms. The fourth-order valence-electron chi connectivity index (χ4n) is 0.800. The van der Waals surface area contributed by atoms with E-state index in [1.54, 1.807) is 10.7 Å². The van der Waals surface area contributed by atoms with Gasteiger partial charge in [-0.05, 0) is 12.3 Å². The largest absolute Gasteiger partial charge is 0.253 e. The van der Waals surface area contributed by atoms with Crippen LogP contribution >= 0.6 is 11.8 Å². The molecule has 0 spiro atoms. The van der Waals surface area contributed by atoms with Crippen molar-refractivity contribution in [3.63, 3.8) is 0 Å². The zero-order valence-electron chi connectivity index (χ0n) is 5.93. The molecule has 0 aromatic carbocycles. The average molecular weight is 166 g/mol. The number of nitrogens with zero attached hydrogens (tertiary/aromatic N) is 4. The fraction of sp³-hybridized carbons (Fsp3) is 0.167. The highest BCUT2D eigenvalue weighted by molar-refractivity contribution is 7.98. The lowest BCUT2D eigenvalue weighted by Gasteiger charge is -1.83. The van der Waals surface area contributed by atoms with E-state index in [-0.39, 0.29) is 0 Å². The minimum Gasteiger partial charge on any atom is -0.220 e. The van der Waals surface area contributed by atoms with E-state index in [9.17, 15) is 0 Å². The standard InChI is InChI=1S/C6H6N4S/c1-11-6-8-5-7-3-2-4-10(5)9-6/h2-4H,1H3. The van der Waals surface area contributed by atoms with Gasteiger partial charge in [0.25, 0.3) is 5.78 Å². The monoisotopic (exact) mass is 166 g/mol. The van der Waals surface area contributed by atoms with Crippen LogP contribution in [0, 0.1) is 0 Å². The van der Waals surface area contributed by atoms with E-state index in [0.717, 1.165) is 5.16 Å². The van der Waals surface area contributed by atoms with E-state index < -0.39 is 0 Å². The van der Waals surface area contributed by atoms with Gasteiger partial charge < -0.3 is 0 Å². The van der Waals surface area contributed by atoms with E-state index in [1.807, 2.05) is 18.5 Å². The van der Waals surface area contributed by atoms with E-state index >= 15 is 0 Å². The summed E-state index contributed by atoms with van der Waals surface area (Å²) in [5.41, 5.74) is 0. The van der Waals surface area contributed by atoms with E-state index in [0.29, 0.717) is 5.78 Å². The molecular formula is C6H6N4S. The molecule has 0 bridgehead atoms. The van der Waals surface area contributed by atoms with Crippen LogP contribution in [0.2, 0.25) is 0 Å². The van der Waals surface area contributed by atoms with Crippen LogP contribution in [0.15, 0.2) is 23.6 Å². The SMILES string of the molecule is CSc1nc2ncccn2n1. The quantitative estimate of drug-likeness (QED) is 0.589. The van der Waals surface area contributed by atoms with Crippen molar-refractivity contribution in [2.45, 2.75) is 5.16 Å². The summed E-state index contributed by atoms with van der Waals surface area (Å²) in [5.74, 6) is 0.650. The number of rotatable bonds is 1. The number of thioether (sulfide) groups is 1. The number of hydrogen-bond acceptors (Lipinski definition) is 4. The van der Waals surface area contributed by atoms with Gasteiger partial charge in [-0.25, -0.2) is 9.50 Å². The molecule has 0 aliphatic rings. The van der Waals surface area contributed by atoms with Crippen LogP contribution in [-0.4, -0.2) is 25.8 Å². The van der Waals surface area contributed by atoms with Crippen molar-refractivity contribution in [2.75, 3.05) is 6.26 Å². The third-order valence-electron chi connectivity index (χ3n) is 1.28. The van der Waals surface area contributed by atoms with Crippen molar-refractivity contribution < 1.29 is 0 Å². The van der Waals surface area contributed by atoms with Gasteiger partial charge in [-0.15, -0.1) is 5.10 Å². The Kier molecular flexibility index (Phi) is 1.50. The molecule has 0 amide bonds. The number of fused-ring (bicyclic) bond motifs is 1. The lowest BCUT2D eigenvalue weighted by atomic mass is 10.7. The first kappa shape index (κ1) is 6.60. The lowest BCUT2D eigenvalue weighted by Crippen LogP contribution is -1.86. The molecule has 0 saturated carbocycles. The highest BCUT2D eigenvalue weighted by atomic mass is 32.2. The Morgan fingerprint density at radius 2 is 2.45 bits per heavy atom. The highest BCUT2D eigenvalue weighted by Crippen LogP contribution is 2.07. The minimum absolute atomic E-state index is 0.650. The summed E-state index contributed by atoms with van der Waals surface area (Å²) in [4.78, 5) is 8.16. The van der Waals surface area contributed by atoms with Crippen molar-refractivity contribution in [2.24, 2.45) is 0 Å². The molecule has 0 saturated heterocycles. The highest BCUT2D eigenvalue weighted by Gasteiger charge is 1.99. The minimum atomic E-state index is 0.650.